The Morgan fingerprint density at radius 2 is 1.49 bits per heavy atom. The van der Waals surface area contributed by atoms with E-state index in [1.807, 2.05) is 42.5 Å². The van der Waals surface area contributed by atoms with Crippen LogP contribution >= 0.6 is 46.4 Å². The van der Waals surface area contributed by atoms with Gasteiger partial charge in [0, 0.05) is 18.6 Å². The Labute approximate surface area is 226 Å². The summed E-state index contributed by atoms with van der Waals surface area (Å²) in [5.74, 6) is 0.912. The minimum atomic E-state index is 0.130. The highest BCUT2D eigenvalue weighted by atomic mass is 35.5. The molecule has 0 aliphatic carbocycles. The van der Waals surface area contributed by atoms with Crippen LogP contribution in [0.15, 0.2) is 82.5 Å². The van der Waals surface area contributed by atoms with Gasteiger partial charge in [0.1, 0.15) is 23.5 Å². The van der Waals surface area contributed by atoms with Crippen molar-refractivity contribution in [3.05, 3.63) is 104 Å². The zero-order valence-electron chi connectivity index (χ0n) is 18.9. The number of nitrogens with zero attached hydrogens (tertiary/aromatic N) is 1. The molecule has 0 N–H and O–H groups in total. The van der Waals surface area contributed by atoms with E-state index in [4.69, 9.17) is 60.7 Å². The molecule has 184 valence electrons. The van der Waals surface area contributed by atoms with Gasteiger partial charge in [-0.3, -0.25) is 0 Å². The third kappa shape index (κ3) is 10.0. The second-order valence-electron chi connectivity index (χ2n) is 7.52. The van der Waals surface area contributed by atoms with Gasteiger partial charge in [0.25, 0.3) is 0 Å². The smallest absolute Gasteiger partial charge is 0.156 e. The molecule has 0 aliphatic rings. The SMILES string of the molecule is ClC(Cl)=CCOc1cc(Cl)c(OCCc2ccc(/C=N/OCCCc3ccccc3)cc2)c(Cl)c1. The van der Waals surface area contributed by atoms with Crippen molar-refractivity contribution in [3.8, 4) is 11.5 Å². The van der Waals surface area contributed by atoms with E-state index < -0.39 is 0 Å². The summed E-state index contributed by atoms with van der Waals surface area (Å²) < 4.78 is 11.4. The van der Waals surface area contributed by atoms with Crippen LogP contribution in [0.4, 0.5) is 0 Å². The van der Waals surface area contributed by atoms with Crippen molar-refractivity contribution in [1.82, 2.24) is 0 Å². The summed E-state index contributed by atoms with van der Waals surface area (Å²) in [6.07, 6.45) is 5.82. The van der Waals surface area contributed by atoms with Crippen LogP contribution in [0, 0.1) is 0 Å². The molecule has 0 amide bonds. The average molecular weight is 553 g/mol. The van der Waals surface area contributed by atoms with Crippen LogP contribution in [0.1, 0.15) is 23.1 Å². The van der Waals surface area contributed by atoms with Gasteiger partial charge in [-0.1, -0.05) is 106 Å². The number of oxime groups is 1. The van der Waals surface area contributed by atoms with Crippen molar-refractivity contribution in [2.24, 2.45) is 5.16 Å². The summed E-state index contributed by atoms with van der Waals surface area (Å²) in [5, 5.41) is 4.78. The molecular formula is C27H25Cl4NO3. The molecule has 8 heteroatoms. The number of rotatable bonds is 13. The molecule has 0 bridgehead atoms. The number of ether oxygens (including phenoxy) is 2. The Kier molecular flexibility index (Phi) is 11.6. The van der Waals surface area contributed by atoms with E-state index in [0.717, 1.165) is 24.0 Å². The first-order chi connectivity index (χ1) is 17.0. The molecule has 0 spiro atoms. The predicted molar refractivity (Wildman–Crippen MR) is 146 cm³/mol. The van der Waals surface area contributed by atoms with E-state index in [1.165, 1.54) is 11.6 Å². The fourth-order valence-corrected chi connectivity index (χ4v) is 3.84. The number of hydrogen-bond donors (Lipinski definition) is 0. The lowest BCUT2D eigenvalue weighted by Gasteiger charge is -2.12. The molecule has 4 nitrogen and oxygen atoms in total. The second-order valence-corrected chi connectivity index (χ2v) is 9.34. The normalized spacial score (nSPS) is 10.9. The van der Waals surface area contributed by atoms with E-state index in [2.05, 4.69) is 17.3 Å². The highest BCUT2D eigenvalue weighted by molar-refractivity contribution is 6.55. The fraction of sp³-hybridized carbons (Fsp3) is 0.222. The largest absolute Gasteiger partial charge is 0.490 e. The van der Waals surface area contributed by atoms with Gasteiger partial charge >= 0.3 is 0 Å². The monoisotopic (exact) mass is 551 g/mol. The van der Waals surface area contributed by atoms with Gasteiger partial charge in [-0.2, -0.15) is 0 Å². The maximum absolute atomic E-state index is 6.31. The van der Waals surface area contributed by atoms with Crippen LogP contribution in [0.3, 0.4) is 0 Å². The summed E-state index contributed by atoms with van der Waals surface area (Å²) in [4.78, 5) is 5.37. The van der Waals surface area contributed by atoms with E-state index in [1.54, 1.807) is 18.3 Å². The molecule has 0 fully saturated rings. The van der Waals surface area contributed by atoms with Crippen LogP contribution < -0.4 is 9.47 Å². The lowest BCUT2D eigenvalue weighted by atomic mass is 10.1. The number of aryl methyl sites for hydroxylation is 1. The predicted octanol–water partition coefficient (Wildman–Crippen LogP) is 8.30. The van der Waals surface area contributed by atoms with Gasteiger partial charge in [-0.15, -0.1) is 0 Å². The van der Waals surface area contributed by atoms with E-state index in [9.17, 15) is 0 Å². The molecule has 3 aromatic carbocycles. The Balaban J connectivity index is 1.39. The van der Waals surface area contributed by atoms with Gasteiger partial charge < -0.3 is 14.3 Å². The molecule has 0 heterocycles. The summed E-state index contributed by atoms with van der Waals surface area (Å²) in [6.45, 7) is 1.20. The third-order valence-electron chi connectivity index (χ3n) is 4.90. The van der Waals surface area contributed by atoms with Crippen molar-refractivity contribution in [1.29, 1.82) is 0 Å². The number of halogens is 4. The van der Waals surface area contributed by atoms with Gasteiger partial charge in [0.2, 0.25) is 0 Å². The van der Waals surface area contributed by atoms with E-state index in [-0.39, 0.29) is 11.1 Å². The third-order valence-corrected chi connectivity index (χ3v) is 5.77. The minimum absolute atomic E-state index is 0.130. The van der Waals surface area contributed by atoms with Crippen LogP contribution in [-0.4, -0.2) is 26.0 Å². The highest BCUT2D eigenvalue weighted by Crippen LogP contribution is 2.37. The molecule has 0 radical (unpaired) electrons. The summed E-state index contributed by atoms with van der Waals surface area (Å²) >= 11 is 23.7. The van der Waals surface area contributed by atoms with E-state index in [0.29, 0.717) is 41.2 Å². The first-order valence-corrected chi connectivity index (χ1v) is 12.6. The van der Waals surface area contributed by atoms with Gasteiger partial charge in [-0.05, 0) is 35.6 Å². The fourth-order valence-electron chi connectivity index (χ4n) is 3.14. The molecule has 0 aromatic heterocycles. The molecule has 35 heavy (non-hydrogen) atoms. The Bertz CT molecular complexity index is 1090. The maximum atomic E-state index is 6.31. The zero-order chi connectivity index (χ0) is 24.9. The van der Waals surface area contributed by atoms with Gasteiger partial charge in [0.15, 0.2) is 5.75 Å². The Morgan fingerprint density at radius 3 is 2.17 bits per heavy atom. The van der Waals surface area contributed by atoms with Gasteiger partial charge in [0.05, 0.1) is 22.9 Å². The summed E-state index contributed by atoms with van der Waals surface area (Å²) in [6, 6.07) is 21.6. The quantitative estimate of drug-likeness (QED) is 0.122. The summed E-state index contributed by atoms with van der Waals surface area (Å²) in [5.41, 5.74) is 3.38. The van der Waals surface area contributed by atoms with Gasteiger partial charge in [-0.25, -0.2) is 0 Å². The van der Waals surface area contributed by atoms with Crippen LogP contribution in [0.2, 0.25) is 10.0 Å². The summed E-state index contributed by atoms with van der Waals surface area (Å²) in [7, 11) is 0. The first-order valence-electron chi connectivity index (χ1n) is 11.1. The molecule has 0 unspecified atom stereocenters. The average Bonchev–Trinajstić information content (AvgIpc) is 2.84. The van der Waals surface area contributed by atoms with Crippen molar-refractivity contribution in [2.75, 3.05) is 19.8 Å². The Morgan fingerprint density at radius 1 is 0.800 bits per heavy atom. The van der Waals surface area contributed by atoms with E-state index >= 15 is 0 Å². The van der Waals surface area contributed by atoms with Crippen molar-refractivity contribution >= 4 is 52.6 Å². The minimum Gasteiger partial charge on any atom is -0.490 e. The molecule has 3 aromatic rings. The van der Waals surface area contributed by atoms with Crippen LogP contribution in [-0.2, 0) is 17.7 Å². The van der Waals surface area contributed by atoms with Crippen molar-refractivity contribution in [2.45, 2.75) is 19.3 Å². The maximum Gasteiger partial charge on any atom is 0.156 e. The molecule has 0 saturated carbocycles. The molecule has 0 aliphatic heterocycles. The lowest BCUT2D eigenvalue weighted by Crippen LogP contribution is -2.03. The Hall–Kier alpha value is -2.37. The van der Waals surface area contributed by atoms with Crippen LogP contribution in [0.25, 0.3) is 0 Å². The highest BCUT2D eigenvalue weighted by Gasteiger charge is 2.11. The van der Waals surface area contributed by atoms with Crippen molar-refractivity contribution < 1.29 is 14.3 Å². The molecule has 0 atom stereocenters. The van der Waals surface area contributed by atoms with Crippen molar-refractivity contribution in [3.63, 3.8) is 0 Å². The molecule has 3 rings (SSSR count). The van der Waals surface area contributed by atoms with Crippen LogP contribution in [0.5, 0.6) is 11.5 Å². The number of benzene rings is 3. The zero-order valence-corrected chi connectivity index (χ0v) is 22.0. The number of hydrogen-bond acceptors (Lipinski definition) is 4. The second kappa shape index (κ2) is 14.9. The standard InChI is InChI=1S/C27H25Cl4NO3/c28-24-17-23(33-16-13-26(30)31)18-25(29)27(24)34-15-12-21-8-10-22(11-9-21)19-32-35-14-4-7-20-5-2-1-3-6-20/h1-3,5-6,8-11,13,17-19H,4,7,12,14-16H2/b32-19+. The lowest BCUT2D eigenvalue weighted by molar-refractivity contribution is 0.143. The molecule has 0 saturated heterocycles. The molecular weight excluding hydrogens is 528 g/mol. The topological polar surface area (TPSA) is 40.0 Å². The first kappa shape index (κ1) is 27.2.